The number of hydrogen-bond donors (Lipinski definition) is 2. The fourth-order valence-corrected chi connectivity index (χ4v) is 9.59. The van der Waals surface area contributed by atoms with E-state index < -0.39 is 23.8 Å². The first-order valence-corrected chi connectivity index (χ1v) is 19.3. The number of hydrogen-bond acceptors (Lipinski definition) is 8. The number of imide groups is 2. The van der Waals surface area contributed by atoms with Crippen LogP contribution in [0.5, 0.6) is 0 Å². The molecule has 2 aromatic rings. The van der Waals surface area contributed by atoms with Gasteiger partial charge in [-0.3, -0.25) is 34.2 Å². The standard InChI is InChI=1S/C40H50N6O5/c47-35-13-12-34(37(49)42-35)46-38(50)32-11-10-31(26-33(32)39(46)51)43-20-14-30(15-21-43)45-24-18-40(19-25-45)16-22-44(23-17-40)29-8-6-27(7-9-29)36(48)41-28-4-2-1-3-5-28/h6-11,26,28,30,34H,1-5,12-25H2,(H,41,48)(H,42,47,49). The molecule has 0 bridgehead atoms. The number of piperidine rings is 4. The van der Waals surface area contributed by atoms with Crippen LogP contribution in [-0.4, -0.2) is 96.7 Å². The van der Waals surface area contributed by atoms with E-state index in [0.717, 1.165) is 81.1 Å². The van der Waals surface area contributed by atoms with Crippen molar-refractivity contribution in [3.8, 4) is 0 Å². The van der Waals surface area contributed by atoms with Crippen LogP contribution in [0.4, 0.5) is 11.4 Å². The zero-order chi connectivity index (χ0) is 35.1. The Hall–Kier alpha value is -4.25. The Morgan fingerprint density at radius 3 is 2.00 bits per heavy atom. The molecule has 4 saturated heterocycles. The van der Waals surface area contributed by atoms with Gasteiger partial charge in [-0.15, -0.1) is 0 Å². The van der Waals surface area contributed by atoms with Crippen molar-refractivity contribution < 1.29 is 24.0 Å². The number of carbonyl (C=O) groups is 5. The lowest BCUT2D eigenvalue weighted by Crippen LogP contribution is -2.54. The maximum atomic E-state index is 13.3. The summed E-state index contributed by atoms with van der Waals surface area (Å²) in [4.78, 5) is 71.8. The highest BCUT2D eigenvalue weighted by Crippen LogP contribution is 2.43. The van der Waals surface area contributed by atoms with E-state index in [9.17, 15) is 24.0 Å². The molecule has 1 aliphatic carbocycles. The van der Waals surface area contributed by atoms with Gasteiger partial charge >= 0.3 is 0 Å². The molecule has 5 heterocycles. The van der Waals surface area contributed by atoms with Crippen molar-refractivity contribution >= 4 is 40.9 Å². The van der Waals surface area contributed by atoms with Gasteiger partial charge in [0.1, 0.15) is 6.04 Å². The van der Waals surface area contributed by atoms with E-state index in [1.807, 2.05) is 24.3 Å². The van der Waals surface area contributed by atoms with Crippen LogP contribution < -0.4 is 20.4 Å². The second kappa shape index (κ2) is 14.1. The predicted molar refractivity (Wildman–Crippen MR) is 194 cm³/mol. The predicted octanol–water partition coefficient (Wildman–Crippen LogP) is 4.50. The number of anilines is 2. The molecule has 2 N–H and O–H groups in total. The van der Waals surface area contributed by atoms with Crippen LogP contribution in [0.1, 0.15) is 115 Å². The quantitative estimate of drug-likeness (QED) is 0.424. The molecule has 11 heteroatoms. The van der Waals surface area contributed by atoms with E-state index in [2.05, 4.69) is 37.5 Å². The smallest absolute Gasteiger partial charge is 0.262 e. The highest BCUT2D eigenvalue weighted by Gasteiger charge is 2.45. The molecular weight excluding hydrogens is 644 g/mol. The van der Waals surface area contributed by atoms with Gasteiger partial charge in [0.05, 0.1) is 11.1 Å². The summed E-state index contributed by atoms with van der Waals surface area (Å²) in [6.45, 7) is 6.18. The first-order valence-electron chi connectivity index (χ1n) is 19.3. The fraction of sp³-hybridized carbons (Fsp3) is 0.575. The van der Waals surface area contributed by atoms with Gasteiger partial charge in [-0.2, -0.15) is 0 Å². The summed E-state index contributed by atoms with van der Waals surface area (Å²) >= 11 is 0. The van der Waals surface area contributed by atoms with Gasteiger partial charge in [-0.1, -0.05) is 19.3 Å². The van der Waals surface area contributed by atoms with Crippen molar-refractivity contribution in [1.82, 2.24) is 20.4 Å². The summed E-state index contributed by atoms with van der Waals surface area (Å²) in [5.41, 5.74) is 3.99. The average molecular weight is 695 g/mol. The number of amides is 5. The van der Waals surface area contributed by atoms with Crippen molar-refractivity contribution in [1.29, 1.82) is 0 Å². The Labute approximate surface area is 300 Å². The Kier molecular flexibility index (Phi) is 9.33. The van der Waals surface area contributed by atoms with Crippen LogP contribution in [0.25, 0.3) is 0 Å². The van der Waals surface area contributed by atoms with Crippen LogP contribution in [0.2, 0.25) is 0 Å². The van der Waals surface area contributed by atoms with Gasteiger partial charge in [0, 0.05) is 61.6 Å². The van der Waals surface area contributed by atoms with Gasteiger partial charge < -0.3 is 20.0 Å². The molecule has 5 fully saturated rings. The van der Waals surface area contributed by atoms with Crippen LogP contribution >= 0.6 is 0 Å². The summed E-state index contributed by atoms with van der Waals surface area (Å²) in [6, 6.07) is 13.6. The number of rotatable bonds is 6. The molecule has 1 spiro atoms. The lowest BCUT2D eigenvalue weighted by atomic mass is 9.71. The third-order valence-corrected chi connectivity index (χ3v) is 12.9. The van der Waals surface area contributed by atoms with Crippen molar-refractivity contribution in [2.24, 2.45) is 5.41 Å². The molecule has 51 heavy (non-hydrogen) atoms. The second-order valence-corrected chi connectivity index (χ2v) is 15.8. The van der Waals surface area contributed by atoms with Crippen LogP contribution in [0.15, 0.2) is 42.5 Å². The average Bonchev–Trinajstić information content (AvgIpc) is 3.41. The molecule has 0 radical (unpaired) electrons. The minimum Gasteiger partial charge on any atom is -0.371 e. The van der Waals surface area contributed by atoms with Gasteiger partial charge in [-0.25, -0.2) is 0 Å². The maximum Gasteiger partial charge on any atom is 0.262 e. The Balaban J connectivity index is 0.799. The summed E-state index contributed by atoms with van der Waals surface area (Å²) in [5.74, 6) is -1.83. The number of nitrogens with one attached hydrogen (secondary N) is 2. The van der Waals surface area contributed by atoms with E-state index in [0.29, 0.717) is 28.6 Å². The van der Waals surface area contributed by atoms with Crippen molar-refractivity contribution in [3.63, 3.8) is 0 Å². The van der Waals surface area contributed by atoms with Gasteiger partial charge in [0.2, 0.25) is 11.8 Å². The molecule has 2 aromatic carbocycles. The van der Waals surface area contributed by atoms with Crippen molar-refractivity contribution in [2.45, 2.75) is 102 Å². The van der Waals surface area contributed by atoms with Gasteiger partial charge in [0.25, 0.3) is 17.7 Å². The van der Waals surface area contributed by atoms with Crippen LogP contribution in [0, 0.1) is 5.41 Å². The molecule has 5 amide bonds. The molecule has 1 saturated carbocycles. The monoisotopic (exact) mass is 694 g/mol. The SMILES string of the molecule is O=C1CCC(N2C(=O)c3ccc(N4CCC(N5CCC6(CCN(c7ccc(C(=O)NC8CCCCC8)cc7)CC6)CC5)CC4)cc3C2=O)C(=O)N1. The fourth-order valence-electron chi connectivity index (χ4n) is 9.59. The molecule has 1 unspecified atom stereocenters. The van der Waals surface area contributed by atoms with Gasteiger partial charge in [-0.05, 0) is 119 Å². The molecule has 1 atom stereocenters. The molecule has 8 rings (SSSR count). The topological polar surface area (TPSA) is 122 Å². The minimum atomic E-state index is -0.950. The highest BCUT2D eigenvalue weighted by molar-refractivity contribution is 6.23. The minimum absolute atomic E-state index is 0.0565. The molecule has 6 aliphatic rings. The van der Waals surface area contributed by atoms with Crippen molar-refractivity contribution in [3.05, 3.63) is 59.2 Å². The summed E-state index contributed by atoms with van der Waals surface area (Å²) < 4.78 is 0. The summed E-state index contributed by atoms with van der Waals surface area (Å²) in [5, 5.41) is 5.49. The van der Waals surface area contributed by atoms with Crippen molar-refractivity contribution in [2.75, 3.05) is 49.1 Å². The Bertz CT molecular complexity index is 1680. The lowest BCUT2D eigenvalue weighted by Gasteiger charge is -2.50. The van der Waals surface area contributed by atoms with E-state index in [-0.39, 0.29) is 24.7 Å². The third-order valence-electron chi connectivity index (χ3n) is 12.9. The molecule has 270 valence electrons. The summed E-state index contributed by atoms with van der Waals surface area (Å²) in [6.07, 6.45) is 13.2. The molecule has 5 aliphatic heterocycles. The van der Waals surface area contributed by atoms with Crippen LogP contribution in [0.3, 0.4) is 0 Å². The Morgan fingerprint density at radius 1 is 0.686 bits per heavy atom. The normalized spacial score (nSPS) is 24.9. The van der Waals surface area contributed by atoms with E-state index in [1.165, 1.54) is 50.6 Å². The van der Waals surface area contributed by atoms with Crippen LogP contribution in [-0.2, 0) is 9.59 Å². The Morgan fingerprint density at radius 2 is 1.31 bits per heavy atom. The number of carbonyl (C=O) groups excluding carboxylic acids is 5. The highest BCUT2D eigenvalue weighted by atomic mass is 16.2. The lowest BCUT2D eigenvalue weighted by molar-refractivity contribution is -0.136. The maximum absolute atomic E-state index is 13.3. The third kappa shape index (κ3) is 6.77. The zero-order valence-electron chi connectivity index (χ0n) is 29.5. The largest absolute Gasteiger partial charge is 0.371 e. The first kappa shape index (κ1) is 33.9. The molecular formula is C40H50N6O5. The second-order valence-electron chi connectivity index (χ2n) is 15.8. The molecule has 0 aromatic heterocycles. The van der Waals surface area contributed by atoms with E-state index in [1.54, 1.807) is 6.07 Å². The first-order chi connectivity index (χ1) is 24.8. The number of nitrogens with zero attached hydrogens (tertiary/aromatic N) is 4. The number of likely N-dealkylation sites (tertiary alicyclic amines) is 1. The molecule has 11 nitrogen and oxygen atoms in total. The van der Waals surface area contributed by atoms with Gasteiger partial charge in [0.15, 0.2) is 0 Å². The van der Waals surface area contributed by atoms with E-state index in [4.69, 9.17) is 0 Å². The number of fused-ring (bicyclic) bond motifs is 1. The zero-order valence-corrected chi connectivity index (χ0v) is 29.5. The van der Waals surface area contributed by atoms with E-state index >= 15 is 0 Å². The summed E-state index contributed by atoms with van der Waals surface area (Å²) in [7, 11) is 0. The number of benzene rings is 2.